The minimum absolute atomic E-state index is 0.0259. The number of rotatable bonds is 6. The van der Waals surface area contributed by atoms with Gasteiger partial charge in [0, 0.05) is 17.2 Å². The number of furan rings is 1. The Balaban J connectivity index is 1.39. The number of aryl methyl sites for hydroxylation is 1. The van der Waals surface area contributed by atoms with Gasteiger partial charge in [-0.3, -0.25) is 9.69 Å². The van der Waals surface area contributed by atoms with Crippen molar-refractivity contribution >= 4 is 11.6 Å². The first-order valence-corrected chi connectivity index (χ1v) is 10.4. The van der Waals surface area contributed by atoms with E-state index in [1.807, 2.05) is 67.6 Å². The zero-order chi connectivity index (χ0) is 20.9. The second kappa shape index (κ2) is 9.18. The molecule has 0 radical (unpaired) electrons. The Morgan fingerprint density at radius 1 is 1.10 bits per heavy atom. The van der Waals surface area contributed by atoms with Crippen LogP contribution in [-0.2, 0) is 11.3 Å². The van der Waals surface area contributed by atoms with Crippen molar-refractivity contribution in [3.8, 4) is 16.9 Å². The molecule has 5 nitrogen and oxygen atoms in total. The molecule has 1 saturated heterocycles. The van der Waals surface area contributed by atoms with Gasteiger partial charge in [-0.25, -0.2) is 0 Å². The van der Waals surface area contributed by atoms with Crippen LogP contribution in [0.3, 0.4) is 0 Å². The van der Waals surface area contributed by atoms with Gasteiger partial charge in [0.25, 0.3) is 0 Å². The number of nitrogens with one attached hydrogen (secondary N) is 1. The molecule has 1 fully saturated rings. The van der Waals surface area contributed by atoms with E-state index in [4.69, 9.17) is 9.15 Å². The first kappa shape index (κ1) is 20.2. The summed E-state index contributed by atoms with van der Waals surface area (Å²) >= 11 is 0. The number of hydrogen-bond acceptors (Lipinski definition) is 4. The second-order valence-corrected chi connectivity index (χ2v) is 7.83. The summed E-state index contributed by atoms with van der Waals surface area (Å²) in [6.07, 6.45) is 1.71. The van der Waals surface area contributed by atoms with Gasteiger partial charge >= 0.3 is 0 Å². The zero-order valence-electron chi connectivity index (χ0n) is 17.6. The number of carbonyl (C=O) groups excluding carboxylic acids is 1. The van der Waals surface area contributed by atoms with Crippen LogP contribution in [0.15, 0.2) is 65.1 Å². The maximum absolute atomic E-state index is 13.0. The molecule has 2 heterocycles. The highest BCUT2D eigenvalue weighted by Gasteiger charge is 2.26. The predicted octanol–water partition coefficient (Wildman–Crippen LogP) is 5.11. The average molecular weight is 405 g/mol. The number of benzene rings is 2. The minimum Gasteiger partial charge on any atom is -0.497 e. The molecule has 1 aromatic heterocycles. The largest absolute Gasteiger partial charge is 0.497 e. The molecule has 0 atom stereocenters. The van der Waals surface area contributed by atoms with Crippen molar-refractivity contribution in [1.82, 2.24) is 4.90 Å². The average Bonchev–Trinajstić information content (AvgIpc) is 3.19. The smallest absolute Gasteiger partial charge is 0.227 e. The van der Waals surface area contributed by atoms with Gasteiger partial charge in [-0.05, 0) is 68.8 Å². The number of methoxy groups -OCH3 is 1. The molecule has 0 spiro atoms. The van der Waals surface area contributed by atoms with E-state index >= 15 is 0 Å². The quantitative estimate of drug-likeness (QED) is 0.620. The molecule has 4 rings (SSSR count). The fraction of sp³-hybridized carbons (Fsp3) is 0.320. The lowest BCUT2D eigenvalue weighted by atomic mass is 9.95. The van der Waals surface area contributed by atoms with E-state index in [0.717, 1.165) is 66.6 Å². The van der Waals surface area contributed by atoms with E-state index in [9.17, 15) is 4.79 Å². The molecule has 1 aliphatic rings. The Labute approximate surface area is 177 Å². The molecule has 0 saturated carbocycles. The number of para-hydroxylation sites is 1. The van der Waals surface area contributed by atoms with Crippen LogP contribution in [0.1, 0.15) is 24.4 Å². The van der Waals surface area contributed by atoms with Gasteiger partial charge in [-0.15, -0.1) is 0 Å². The van der Waals surface area contributed by atoms with Crippen molar-refractivity contribution in [3.63, 3.8) is 0 Å². The lowest BCUT2D eigenvalue weighted by molar-refractivity contribution is -0.121. The molecule has 0 unspecified atom stereocenters. The summed E-state index contributed by atoms with van der Waals surface area (Å²) in [6.45, 7) is 4.56. The van der Waals surface area contributed by atoms with Gasteiger partial charge in [0.05, 0.1) is 13.7 Å². The van der Waals surface area contributed by atoms with Gasteiger partial charge in [0.1, 0.15) is 17.3 Å². The van der Waals surface area contributed by atoms with Crippen LogP contribution < -0.4 is 10.1 Å². The summed E-state index contributed by atoms with van der Waals surface area (Å²) in [5.74, 6) is 2.85. The summed E-state index contributed by atoms with van der Waals surface area (Å²) in [5.41, 5.74) is 2.86. The second-order valence-electron chi connectivity index (χ2n) is 7.83. The van der Waals surface area contributed by atoms with Gasteiger partial charge in [0.2, 0.25) is 5.91 Å². The van der Waals surface area contributed by atoms with E-state index in [-0.39, 0.29) is 11.8 Å². The maximum Gasteiger partial charge on any atom is 0.227 e. The van der Waals surface area contributed by atoms with Gasteiger partial charge in [-0.2, -0.15) is 0 Å². The van der Waals surface area contributed by atoms with Crippen molar-refractivity contribution in [2.45, 2.75) is 26.3 Å². The van der Waals surface area contributed by atoms with Crippen LogP contribution in [0.2, 0.25) is 0 Å². The SMILES string of the molecule is COc1cccc(-c2ccccc2NC(=O)C2CCN(Cc3ccc(C)o3)CC2)c1. The summed E-state index contributed by atoms with van der Waals surface area (Å²) in [7, 11) is 1.66. The number of anilines is 1. The molecule has 1 N–H and O–H groups in total. The van der Waals surface area contributed by atoms with Crippen molar-refractivity contribution in [1.29, 1.82) is 0 Å². The molecular formula is C25H28N2O3. The summed E-state index contributed by atoms with van der Waals surface area (Å²) in [5, 5.41) is 3.17. The van der Waals surface area contributed by atoms with Crippen LogP contribution in [0.5, 0.6) is 5.75 Å². The monoisotopic (exact) mass is 404 g/mol. The third-order valence-electron chi connectivity index (χ3n) is 5.70. The standard InChI is InChI=1S/C25H28N2O3/c1-18-10-11-22(30-18)17-27-14-12-19(13-15-27)25(28)26-24-9-4-3-8-23(24)20-6-5-7-21(16-20)29-2/h3-11,16,19H,12-15,17H2,1-2H3,(H,26,28). The highest BCUT2D eigenvalue weighted by atomic mass is 16.5. The van der Waals surface area contributed by atoms with E-state index < -0.39 is 0 Å². The Morgan fingerprint density at radius 3 is 2.63 bits per heavy atom. The van der Waals surface area contributed by atoms with E-state index in [1.54, 1.807) is 7.11 Å². The molecule has 3 aromatic rings. The number of likely N-dealkylation sites (tertiary alicyclic amines) is 1. The fourth-order valence-corrected chi connectivity index (χ4v) is 4.01. The van der Waals surface area contributed by atoms with Crippen LogP contribution in [-0.4, -0.2) is 31.0 Å². The highest BCUT2D eigenvalue weighted by Crippen LogP contribution is 2.31. The molecule has 5 heteroatoms. The van der Waals surface area contributed by atoms with Crippen LogP contribution in [0, 0.1) is 12.8 Å². The number of hydrogen-bond donors (Lipinski definition) is 1. The number of ether oxygens (including phenoxy) is 1. The molecule has 1 amide bonds. The van der Waals surface area contributed by atoms with Gasteiger partial charge < -0.3 is 14.5 Å². The third kappa shape index (κ3) is 4.74. The summed E-state index contributed by atoms with van der Waals surface area (Å²) in [6, 6.07) is 19.8. The molecular weight excluding hydrogens is 376 g/mol. The fourth-order valence-electron chi connectivity index (χ4n) is 4.01. The van der Waals surface area contributed by atoms with Gasteiger partial charge in [-0.1, -0.05) is 30.3 Å². The Morgan fingerprint density at radius 2 is 1.90 bits per heavy atom. The van der Waals surface area contributed by atoms with E-state index in [2.05, 4.69) is 10.2 Å². The first-order chi connectivity index (χ1) is 14.6. The third-order valence-corrected chi connectivity index (χ3v) is 5.70. The first-order valence-electron chi connectivity index (χ1n) is 10.4. The van der Waals surface area contributed by atoms with Crippen molar-refractivity contribution in [2.24, 2.45) is 5.92 Å². The lowest BCUT2D eigenvalue weighted by Gasteiger charge is -2.30. The van der Waals surface area contributed by atoms with Crippen LogP contribution in [0.4, 0.5) is 5.69 Å². The molecule has 156 valence electrons. The Bertz CT molecular complexity index is 1000. The predicted molar refractivity (Wildman–Crippen MR) is 119 cm³/mol. The highest BCUT2D eigenvalue weighted by molar-refractivity contribution is 5.96. The van der Waals surface area contributed by atoms with Crippen molar-refractivity contribution in [2.75, 3.05) is 25.5 Å². The normalized spacial score (nSPS) is 15.1. The molecule has 0 aliphatic carbocycles. The molecule has 0 bridgehead atoms. The topological polar surface area (TPSA) is 54.7 Å². The van der Waals surface area contributed by atoms with E-state index in [0.29, 0.717) is 0 Å². The van der Waals surface area contributed by atoms with Crippen molar-refractivity contribution in [3.05, 3.63) is 72.2 Å². The maximum atomic E-state index is 13.0. The number of piperidine rings is 1. The molecule has 1 aliphatic heterocycles. The summed E-state index contributed by atoms with van der Waals surface area (Å²) < 4.78 is 11.0. The Hall–Kier alpha value is -3.05. The molecule has 30 heavy (non-hydrogen) atoms. The lowest BCUT2D eigenvalue weighted by Crippen LogP contribution is -2.37. The van der Waals surface area contributed by atoms with Crippen LogP contribution >= 0.6 is 0 Å². The van der Waals surface area contributed by atoms with Crippen LogP contribution in [0.25, 0.3) is 11.1 Å². The number of carbonyl (C=O) groups is 1. The zero-order valence-corrected chi connectivity index (χ0v) is 17.6. The van der Waals surface area contributed by atoms with Gasteiger partial charge in [0.15, 0.2) is 0 Å². The summed E-state index contributed by atoms with van der Waals surface area (Å²) in [4.78, 5) is 15.3. The minimum atomic E-state index is 0.0259. The number of amides is 1. The Kier molecular flexibility index (Phi) is 6.19. The number of nitrogens with zero attached hydrogens (tertiary/aromatic N) is 1. The van der Waals surface area contributed by atoms with E-state index in [1.165, 1.54) is 0 Å². The van der Waals surface area contributed by atoms with Crippen molar-refractivity contribution < 1.29 is 13.9 Å². The molecule has 2 aromatic carbocycles.